The van der Waals surface area contributed by atoms with Crippen molar-refractivity contribution >= 4 is 5.82 Å². The molecule has 1 aromatic heterocycles. The lowest BCUT2D eigenvalue weighted by Gasteiger charge is -2.39. The summed E-state index contributed by atoms with van der Waals surface area (Å²) in [6.07, 6.45) is 1.88. The van der Waals surface area contributed by atoms with Crippen molar-refractivity contribution in [1.82, 2.24) is 14.9 Å². The number of hydrogen-bond acceptors (Lipinski definition) is 4. The monoisotopic (exact) mass is 250 g/mol. The largest absolute Gasteiger partial charge is 0.354 e. The highest BCUT2D eigenvalue weighted by molar-refractivity contribution is 5.38. The third kappa shape index (κ3) is 2.72. The zero-order valence-corrected chi connectivity index (χ0v) is 11.4. The molecular formula is C13H22N4O. The van der Waals surface area contributed by atoms with Crippen LogP contribution < -0.4 is 10.5 Å². The third-order valence-corrected chi connectivity index (χ3v) is 3.68. The normalized spacial score (nSPS) is 21.3. The van der Waals surface area contributed by atoms with E-state index in [1.165, 1.54) is 0 Å². The molecule has 1 saturated heterocycles. The molecule has 5 nitrogen and oxygen atoms in total. The summed E-state index contributed by atoms with van der Waals surface area (Å²) in [5.74, 6) is 1.59. The molecule has 1 aliphatic heterocycles. The summed E-state index contributed by atoms with van der Waals surface area (Å²) in [5.41, 5.74) is -0.0520. The van der Waals surface area contributed by atoms with Crippen molar-refractivity contribution in [3.8, 4) is 0 Å². The van der Waals surface area contributed by atoms with Crippen molar-refractivity contribution in [2.24, 2.45) is 0 Å². The summed E-state index contributed by atoms with van der Waals surface area (Å²) in [4.78, 5) is 23.5. The fourth-order valence-corrected chi connectivity index (χ4v) is 2.42. The lowest BCUT2D eigenvalue weighted by atomic mass is 10.1. The molecule has 18 heavy (non-hydrogen) atoms. The zero-order valence-electron chi connectivity index (χ0n) is 11.4. The van der Waals surface area contributed by atoms with Crippen LogP contribution in [-0.2, 0) is 6.42 Å². The van der Waals surface area contributed by atoms with Crippen LogP contribution in [0.4, 0.5) is 5.82 Å². The highest BCUT2D eigenvalue weighted by atomic mass is 16.1. The number of likely N-dealkylation sites (N-methyl/N-ethyl adjacent to an activating group) is 1. The number of hydrogen-bond donors (Lipinski definition) is 1. The average Bonchev–Trinajstić information content (AvgIpc) is 2.38. The van der Waals surface area contributed by atoms with Crippen molar-refractivity contribution < 1.29 is 0 Å². The first kappa shape index (κ1) is 13.1. The van der Waals surface area contributed by atoms with E-state index in [0.29, 0.717) is 6.04 Å². The van der Waals surface area contributed by atoms with Crippen molar-refractivity contribution in [3.05, 3.63) is 22.2 Å². The maximum absolute atomic E-state index is 11.6. The molecule has 0 spiro atoms. The lowest BCUT2D eigenvalue weighted by Crippen LogP contribution is -2.51. The van der Waals surface area contributed by atoms with E-state index in [0.717, 1.165) is 44.1 Å². The number of rotatable bonds is 3. The Morgan fingerprint density at radius 3 is 2.89 bits per heavy atom. The third-order valence-electron chi connectivity index (χ3n) is 3.68. The molecule has 1 unspecified atom stereocenters. The molecule has 5 heteroatoms. The van der Waals surface area contributed by atoms with Crippen LogP contribution in [0.2, 0.25) is 0 Å². The van der Waals surface area contributed by atoms with E-state index < -0.39 is 0 Å². The Labute approximate surface area is 108 Å². The number of nitrogens with zero attached hydrogens (tertiary/aromatic N) is 3. The van der Waals surface area contributed by atoms with Gasteiger partial charge in [0.1, 0.15) is 11.6 Å². The second kappa shape index (κ2) is 5.52. The number of nitrogens with one attached hydrogen (secondary N) is 1. The molecule has 1 fully saturated rings. The molecule has 0 radical (unpaired) electrons. The second-order valence-corrected chi connectivity index (χ2v) is 4.89. The molecular weight excluding hydrogens is 228 g/mol. The van der Waals surface area contributed by atoms with Crippen LogP contribution in [-0.4, -0.2) is 47.6 Å². The molecule has 1 aliphatic rings. The number of aromatic amines is 1. The van der Waals surface area contributed by atoms with Crippen molar-refractivity contribution in [3.63, 3.8) is 0 Å². The molecule has 0 amide bonds. The fourth-order valence-electron chi connectivity index (χ4n) is 2.42. The fraction of sp³-hybridized carbons (Fsp3) is 0.692. The van der Waals surface area contributed by atoms with Gasteiger partial charge < -0.3 is 9.88 Å². The van der Waals surface area contributed by atoms with Gasteiger partial charge in [0.15, 0.2) is 0 Å². The minimum absolute atomic E-state index is 0.0520. The summed E-state index contributed by atoms with van der Waals surface area (Å²) in [5, 5.41) is 0. The predicted molar refractivity (Wildman–Crippen MR) is 73.2 cm³/mol. The number of anilines is 1. The Kier molecular flexibility index (Phi) is 4.01. The van der Waals surface area contributed by atoms with Gasteiger partial charge in [0.25, 0.3) is 5.56 Å². The lowest BCUT2D eigenvalue weighted by molar-refractivity contribution is 0.213. The van der Waals surface area contributed by atoms with Crippen LogP contribution in [0.3, 0.4) is 0 Å². The van der Waals surface area contributed by atoms with Crippen LogP contribution in [0.1, 0.15) is 26.1 Å². The molecule has 0 bridgehead atoms. The standard InChI is InChI=1S/C13H22N4O/c1-4-10-9-17(7-6-16(10)3)12-8-13(18)15-11(5-2)14-12/h8,10H,4-7,9H2,1-3H3,(H,14,15,18). The highest BCUT2D eigenvalue weighted by Gasteiger charge is 2.23. The van der Waals surface area contributed by atoms with E-state index in [-0.39, 0.29) is 5.56 Å². The van der Waals surface area contributed by atoms with E-state index >= 15 is 0 Å². The molecule has 1 atom stereocenters. The van der Waals surface area contributed by atoms with Gasteiger partial charge in [0.05, 0.1) is 0 Å². The number of aryl methyl sites for hydroxylation is 1. The summed E-state index contributed by atoms with van der Waals surface area (Å²) in [7, 11) is 2.16. The molecule has 2 rings (SSSR count). The topological polar surface area (TPSA) is 52.2 Å². The molecule has 0 aromatic carbocycles. The van der Waals surface area contributed by atoms with Gasteiger partial charge in [-0.2, -0.15) is 0 Å². The van der Waals surface area contributed by atoms with Gasteiger partial charge in [-0.3, -0.25) is 9.69 Å². The van der Waals surface area contributed by atoms with Gasteiger partial charge in [0, 0.05) is 38.2 Å². The van der Waals surface area contributed by atoms with Crippen LogP contribution in [0, 0.1) is 0 Å². The quantitative estimate of drug-likeness (QED) is 0.864. The maximum Gasteiger partial charge on any atom is 0.252 e. The first-order valence-electron chi connectivity index (χ1n) is 6.69. The van der Waals surface area contributed by atoms with Gasteiger partial charge in [-0.25, -0.2) is 4.98 Å². The first-order chi connectivity index (χ1) is 8.63. The van der Waals surface area contributed by atoms with Crippen LogP contribution >= 0.6 is 0 Å². The van der Waals surface area contributed by atoms with Crippen molar-refractivity contribution in [2.75, 3.05) is 31.6 Å². The Hall–Kier alpha value is -1.36. The number of H-pyrrole nitrogens is 1. The average molecular weight is 250 g/mol. The number of aromatic nitrogens is 2. The minimum atomic E-state index is -0.0520. The Morgan fingerprint density at radius 1 is 1.44 bits per heavy atom. The smallest absolute Gasteiger partial charge is 0.252 e. The van der Waals surface area contributed by atoms with Crippen molar-refractivity contribution in [1.29, 1.82) is 0 Å². The van der Waals surface area contributed by atoms with Crippen LogP contribution in [0.15, 0.2) is 10.9 Å². The Bertz CT molecular complexity index is 457. The summed E-state index contributed by atoms with van der Waals surface area (Å²) in [6.45, 7) is 7.11. The van der Waals surface area contributed by atoms with Gasteiger partial charge >= 0.3 is 0 Å². The van der Waals surface area contributed by atoms with Crippen LogP contribution in [0.5, 0.6) is 0 Å². The van der Waals surface area contributed by atoms with E-state index in [4.69, 9.17) is 0 Å². The number of piperazine rings is 1. The summed E-state index contributed by atoms with van der Waals surface area (Å²) < 4.78 is 0. The molecule has 2 heterocycles. The van der Waals surface area contributed by atoms with Gasteiger partial charge in [-0.05, 0) is 13.5 Å². The first-order valence-corrected chi connectivity index (χ1v) is 6.69. The SMILES string of the molecule is CCc1nc(N2CCN(C)C(CC)C2)cc(=O)[nH]1. The van der Waals surface area contributed by atoms with E-state index in [1.54, 1.807) is 6.07 Å². The second-order valence-electron chi connectivity index (χ2n) is 4.89. The summed E-state index contributed by atoms with van der Waals surface area (Å²) in [6, 6.07) is 2.15. The zero-order chi connectivity index (χ0) is 13.1. The molecule has 100 valence electrons. The predicted octanol–water partition coefficient (Wildman–Crippen LogP) is 0.863. The van der Waals surface area contributed by atoms with Crippen LogP contribution in [0.25, 0.3) is 0 Å². The minimum Gasteiger partial charge on any atom is -0.354 e. The molecule has 1 N–H and O–H groups in total. The highest BCUT2D eigenvalue weighted by Crippen LogP contribution is 2.16. The van der Waals surface area contributed by atoms with E-state index in [1.807, 2.05) is 6.92 Å². The van der Waals surface area contributed by atoms with Gasteiger partial charge in [-0.1, -0.05) is 13.8 Å². The summed E-state index contributed by atoms with van der Waals surface area (Å²) >= 11 is 0. The van der Waals surface area contributed by atoms with Gasteiger partial charge in [0.2, 0.25) is 0 Å². The Balaban J connectivity index is 2.21. The van der Waals surface area contributed by atoms with E-state index in [2.05, 4.69) is 33.7 Å². The molecule has 0 aliphatic carbocycles. The maximum atomic E-state index is 11.6. The van der Waals surface area contributed by atoms with Gasteiger partial charge in [-0.15, -0.1) is 0 Å². The molecule has 1 aromatic rings. The Morgan fingerprint density at radius 2 is 2.22 bits per heavy atom. The molecule has 0 saturated carbocycles. The van der Waals surface area contributed by atoms with Crippen molar-refractivity contribution in [2.45, 2.75) is 32.7 Å². The van der Waals surface area contributed by atoms with E-state index in [9.17, 15) is 4.79 Å².